The maximum atomic E-state index is 10.8. The maximum Gasteiger partial charge on any atom is 0.338 e. The van der Waals surface area contributed by atoms with Crippen molar-refractivity contribution in [1.82, 2.24) is 9.78 Å². The van der Waals surface area contributed by atoms with Gasteiger partial charge in [0.05, 0.1) is 18.3 Å². The second-order valence-electron chi connectivity index (χ2n) is 4.87. The van der Waals surface area contributed by atoms with Crippen LogP contribution in [0, 0.1) is 6.92 Å². The zero-order valence-corrected chi connectivity index (χ0v) is 11.5. The van der Waals surface area contributed by atoms with Crippen molar-refractivity contribution < 1.29 is 14.3 Å². The number of rotatable bonds is 4. The molecule has 0 aliphatic heterocycles. The van der Waals surface area contributed by atoms with Crippen LogP contribution in [0.5, 0.6) is 0 Å². The van der Waals surface area contributed by atoms with E-state index < -0.39 is 5.97 Å². The number of aryl methyl sites for hydroxylation is 1. The highest BCUT2D eigenvalue weighted by Crippen LogP contribution is 2.23. The first-order valence-electron chi connectivity index (χ1n) is 6.53. The Bertz CT molecular complexity index is 786. The summed E-state index contributed by atoms with van der Waals surface area (Å²) in [5, 5.41) is 12.9. The summed E-state index contributed by atoms with van der Waals surface area (Å²) in [4.78, 5) is 10.8. The van der Waals surface area contributed by atoms with Crippen molar-refractivity contribution in [3.05, 3.63) is 65.7 Å². The third kappa shape index (κ3) is 2.86. The van der Waals surface area contributed by atoms with Gasteiger partial charge in [-0.05, 0) is 25.1 Å². The van der Waals surface area contributed by atoms with E-state index in [1.165, 1.54) is 18.0 Å². The Morgan fingerprint density at radius 2 is 2.19 bits per heavy atom. The molecular weight excluding hydrogens is 268 g/mol. The van der Waals surface area contributed by atoms with E-state index in [9.17, 15) is 4.79 Å². The van der Waals surface area contributed by atoms with E-state index in [1.54, 1.807) is 4.68 Å². The number of aromatic nitrogens is 2. The van der Waals surface area contributed by atoms with Gasteiger partial charge in [0.1, 0.15) is 11.5 Å². The molecule has 0 unspecified atom stereocenters. The highest BCUT2D eigenvalue weighted by atomic mass is 16.4. The average Bonchev–Trinajstić information content (AvgIpc) is 3.08. The van der Waals surface area contributed by atoms with Crippen molar-refractivity contribution in [2.24, 2.45) is 0 Å². The lowest BCUT2D eigenvalue weighted by molar-refractivity contribution is 0.0696. The number of benzene rings is 1. The molecule has 5 heteroatoms. The average molecular weight is 282 g/mol. The molecule has 3 rings (SSSR count). The van der Waals surface area contributed by atoms with Gasteiger partial charge in [0, 0.05) is 11.8 Å². The third-order valence-electron chi connectivity index (χ3n) is 3.16. The lowest BCUT2D eigenvalue weighted by Crippen LogP contribution is -1.99. The molecular formula is C16H14N2O3. The highest BCUT2D eigenvalue weighted by molar-refractivity contribution is 5.86. The first-order valence-corrected chi connectivity index (χ1v) is 6.53. The van der Waals surface area contributed by atoms with E-state index in [0.29, 0.717) is 6.54 Å². The summed E-state index contributed by atoms with van der Waals surface area (Å²) in [6, 6.07) is 11.8. The molecule has 0 spiro atoms. The number of carboxylic acids is 1. The van der Waals surface area contributed by atoms with Gasteiger partial charge in [0.2, 0.25) is 0 Å². The molecule has 1 aromatic carbocycles. The Morgan fingerprint density at radius 1 is 1.33 bits per heavy atom. The fourth-order valence-electron chi connectivity index (χ4n) is 2.14. The summed E-state index contributed by atoms with van der Waals surface area (Å²) in [7, 11) is 0. The number of hydrogen-bond acceptors (Lipinski definition) is 3. The van der Waals surface area contributed by atoms with Gasteiger partial charge >= 0.3 is 5.97 Å². The molecule has 0 saturated carbocycles. The van der Waals surface area contributed by atoms with Crippen LogP contribution >= 0.6 is 0 Å². The van der Waals surface area contributed by atoms with Crippen LogP contribution in [-0.4, -0.2) is 20.9 Å². The predicted octanol–water partition coefficient (Wildman–Crippen LogP) is 3.20. The predicted molar refractivity (Wildman–Crippen MR) is 77.2 cm³/mol. The molecule has 0 aliphatic rings. The van der Waals surface area contributed by atoms with E-state index in [1.807, 2.05) is 37.3 Å². The summed E-state index contributed by atoms with van der Waals surface area (Å²) in [6.07, 6.45) is 2.81. The number of nitrogens with zero attached hydrogens (tertiary/aromatic N) is 2. The molecule has 106 valence electrons. The van der Waals surface area contributed by atoms with Gasteiger partial charge in [-0.25, -0.2) is 4.79 Å². The van der Waals surface area contributed by atoms with Crippen LogP contribution in [0.25, 0.3) is 11.3 Å². The standard InChI is InChI=1S/C16H14N2O3/c1-11-3-2-4-12(7-11)15-6-5-14(21-15)10-18-9-13(8-17-18)16(19)20/h2-9H,10H2,1H3,(H,19,20). The molecule has 0 atom stereocenters. The summed E-state index contributed by atoms with van der Waals surface area (Å²) in [6.45, 7) is 2.43. The molecule has 5 nitrogen and oxygen atoms in total. The molecule has 0 fully saturated rings. The van der Waals surface area contributed by atoms with Crippen molar-refractivity contribution in [3.63, 3.8) is 0 Å². The molecule has 1 N–H and O–H groups in total. The molecule has 0 bridgehead atoms. The minimum Gasteiger partial charge on any atom is -0.478 e. The van der Waals surface area contributed by atoms with Crippen LogP contribution in [-0.2, 0) is 6.54 Å². The maximum absolute atomic E-state index is 10.8. The summed E-state index contributed by atoms with van der Waals surface area (Å²) in [5.41, 5.74) is 2.36. The van der Waals surface area contributed by atoms with E-state index in [4.69, 9.17) is 9.52 Å². The third-order valence-corrected chi connectivity index (χ3v) is 3.16. The number of carboxylic acid groups (broad SMARTS) is 1. The van der Waals surface area contributed by atoms with Crippen LogP contribution < -0.4 is 0 Å². The Morgan fingerprint density at radius 3 is 2.90 bits per heavy atom. The van der Waals surface area contributed by atoms with Crippen molar-refractivity contribution in [2.45, 2.75) is 13.5 Å². The Kier molecular flexibility index (Phi) is 3.31. The minimum absolute atomic E-state index is 0.167. The largest absolute Gasteiger partial charge is 0.478 e. The second-order valence-corrected chi connectivity index (χ2v) is 4.87. The van der Waals surface area contributed by atoms with Gasteiger partial charge in [-0.3, -0.25) is 4.68 Å². The Balaban J connectivity index is 1.80. The van der Waals surface area contributed by atoms with Gasteiger partial charge in [0.25, 0.3) is 0 Å². The van der Waals surface area contributed by atoms with Crippen molar-refractivity contribution in [2.75, 3.05) is 0 Å². The van der Waals surface area contributed by atoms with E-state index in [2.05, 4.69) is 11.2 Å². The van der Waals surface area contributed by atoms with E-state index in [-0.39, 0.29) is 5.56 Å². The quantitative estimate of drug-likeness (QED) is 0.798. The number of carbonyl (C=O) groups is 1. The number of aromatic carboxylic acids is 1. The second kappa shape index (κ2) is 5.28. The molecule has 3 aromatic rings. The molecule has 0 amide bonds. The van der Waals surface area contributed by atoms with E-state index in [0.717, 1.165) is 17.1 Å². The van der Waals surface area contributed by atoms with Crippen LogP contribution in [0.1, 0.15) is 21.7 Å². The lowest BCUT2D eigenvalue weighted by Gasteiger charge is -2.00. The molecule has 2 heterocycles. The van der Waals surface area contributed by atoms with Crippen molar-refractivity contribution in [3.8, 4) is 11.3 Å². The zero-order valence-electron chi connectivity index (χ0n) is 11.5. The van der Waals surface area contributed by atoms with Crippen molar-refractivity contribution >= 4 is 5.97 Å². The van der Waals surface area contributed by atoms with Crippen LogP contribution in [0.4, 0.5) is 0 Å². The van der Waals surface area contributed by atoms with Gasteiger partial charge in [0.15, 0.2) is 0 Å². The minimum atomic E-state index is -0.985. The molecule has 21 heavy (non-hydrogen) atoms. The number of furan rings is 1. The lowest BCUT2D eigenvalue weighted by atomic mass is 10.1. The zero-order chi connectivity index (χ0) is 14.8. The Labute approximate surface area is 121 Å². The van der Waals surface area contributed by atoms with E-state index >= 15 is 0 Å². The molecule has 2 aromatic heterocycles. The van der Waals surface area contributed by atoms with Gasteiger partial charge in [-0.2, -0.15) is 5.10 Å². The molecule has 0 radical (unpaired) electrons. The van der Waals surface area contributed by atoms with Gasteiger partial charge < -0.3 is 9.52 Å². The summed E-state index contributed by atoms with van der Waals surface area (Å²) >= 11 is 0. The normalized spacial score (nSPS) is 10.7. The number of hydrogen-bond donors (Lipinski definition) is 1. The smallest absolute Gasteiger partial charge is 0.338 e. The van der Waals surface area contributed by atoms with Crippen LogP contribution in [0.2, 0.25) is 0 Å². The van der Waals surface area contributed by atoms with Crippen LogP contribution in [0.3, 0.4) is 0 Å². The molecule has 0 saturated heterocycles. The van der Waals surface area contributed by atoms with Gasteiger partial charge in [-0.15, -0.1) is 0 Å². The van der Waals surface area contributed by atoms with Gasteiger partial charge in [-0.1, -0.05) is 23.8 Å². The fraction of sp³-hybridized carbons (Fsp3) is 0.125. The summed E-state index contributed by atoms with van der Waals surface area (Å²) in [5.74, 6) is 0.534. The molecule has 0 aliphatic carbocycles. The first kappa shape index (κ1) is 13.2. The Hall–Kier alpha value is -2.82. The summed E-state index contributed by atoms with van der Waals surface area (Å²) < 4.78 is 7.33. The SMILES string of the molecule is Cc1cccc(-c2ccc(Cn3cc(C(=O)O)cn3)o2)c1. The first-order chi connectivity index (χ1) is 10.1. The van der Waals surface area contributed by atoms with Crippen molar-refractivity contribution in [1.29, 1.82) is 0 Å². The van der Waals surface area contributed by atoms with Crippen LogP contribution in [0.15, 0.2) is 53.2 Å². The highest BCUT2D eigenvalue weighted by Gasteiger charge is 2.09. The topological polar surface area (TPSA) is 68.3 Å². The monoisotopic (exact) mass is 282 g/mol. The fourth-order valence-corrected chi connectivity index (χ4v) is 2.14.